The summed E-state index contributed by atoms with van der Waals surface area (Å²) >= 11 is 0. The van der Waals surface area contributed by atoms with E-state index in [0.29, 0.717) is 0 Å². The first-order chi connectivity index (χ1) is 10.6. The minimum Gasteiger partial charge on any atom is -0.296 e. The van der Waals surface area contributed by atoms with Crippen LogP contribution >= 0.6 is 0 Å². The Labute approximate surface area is 136 Å². The molecule has 1 aromatic carbocycles. The van der Waals surface area contributed by atoms with Gasteiger partial charge in [0.1, 0.15) is 0 Å². The number of nitrogens with zero attached hydrogens (tertiary/aromatic N) is 1. The zero-order chi connectivity index (χ0) is 16.4. The number of benzene rings is 1. The molecule has 0 saturated heterocycles. The van der Waals surface area contributed by atoms with Gasteiger partial charge in [-0.2, -0.15) is 0 Å². The number of hydrogen-bond donors (Lipinski definition) is 0. The predicted octanol–water partition coefficient (Wildman–Crippen LogP) is 5.95. The number of unbranched alkanes of at least 4 members (excludes halogenated alkanes) is 2. The van der Waals surface area contributed by atoms with Crippen LogP contribution in [0.3, 0.4) is 0 Å². The Morgan fingerprint density at radius 2 is 1.64 bits per heavy atom. The summed E-state index contributed by atoms with van der Waals surface area (Å²) in [7, 11) is 1.83. The summed E-state index contributed by atoms with van der Waals surface area (Å²) in [6.45, 7) is 10.5. The molecule has 120 valence electrons. The van der Waals surface area contributed by atoms with Crippen LogP contribution in [0, 0.1) is 0 Å². The lowest BCUT2D eigenvalue weighted by atomic mass is 9.97. The molecule has 1 rings (SSSR count). The van der Waals surface area contributed by atoms with Gasteiger partial charge in [-0.15, -0.1) is 0 Å². The van der Waals surface area contributed by atoms with Crippen molar-refractivity contribution in [2.75, 3.05) is 7.05 Å². The predicted molar refractivity (Wildman–Crippen MR) is 99.9 cm³/mol. The van der Waals surface area contributed by atoms with Crippen LogP contribution in [-0.4, -0.2) is 13.3 Å². The van der Waals surface area contributed by atoms with Crippen LogP contribution < -0.4 is 0 Å². The standard InChI is InChI=1S/C21H31N/c1-6-7-8-9-19-10-12-20(13-11-19)14-15-21(16-22-5)18(4)17(2)3/h10-13,16H,2,6-9,14-15H2,1,3-5H3/b21-18-,22-16?. The Kier molecular flexibility index (Phi) is 8.50. The average Bonchev–Trinajstić information content (AvgIpc) is 2.52. The van der Waals surface area contributed by atoms with Crippen molar-refractivity contribution in [1.82, 2.24) is 0 Å². The van der Waals surface area contributed by atoms with Crippen LogP contribution in [0.25, 0.3) is 0 Å². The van der Waals surface area contributed by atoms with Gasteiger partial charge in [0.05, 0.1) is 0 Å². The first-order valence-electron chi connectivity index (χ1n) is 8.44. The molecular formula is C21H31N. The van der Waals surface area contributed by atoms with Gasteiger partial charge in [-0.3, -0.25) is 4.99 Å². The van der Waals surface area contributed by atoms with E-state index in [1.807, 2.05) is 13.3 Å². The highest BCUT2D eigenvalue weighted by molar-refractivity contribution is 5.80. The van der Waals surface area contributed by atoms with Gasteiger partial charge in [0.2, 0.25) is 0 Å². The summed E-state index contributed by atoms with van der Waals surface area (Å²) in [5, 5.41) is 0. The smallest absolute Gasteiger partial charge is 0.0277 e. The fourth-order valence-corrected chi connectivity index (χ4v) is 2.51. The van der Waals surface area contributed by atoms with E-state index in [9.17, 15) is 0 Å². The van der Waals surface area contributed by atoms with E-state index in [1.54, 1.807) is 0 Å². The molecule has 0 aliphatic heterocycles. The van der Waals surface area contributed by atoms with Gasteiger partial charge in [-0.25, -0.2) is 0 Å². The van der Waals surface area contributed by atoms with Gasteiger partial charge >= 0.3 is 0 Å². The maximum absolute atomic E-state index is 4.18. The summed E-state index contributed by atoms with van der Waals surface area (Å²) < 4.78 is 0. The van der Waals surface area contributed by atoms with Crippen molar-refractivity contribution < 1.29 is 0 Å². The highest BCUT2D eigenvalue weighted by Gasteiger charge is 2.03. The Bertz CT molecular complexity index is 517. The quantitative estimate of drug-likeness (QED) is 0.303. The van der Waals surface area contributed by atoms with E-state index in [0.717, 1.165) is 18.4 Å². The highest BCUT2D eigenvalue weighted by atomic mass is 14.6. The molecule has 1 heteroatoms. The van der Waals surface area contributed by atoms with Crippen molar-refractivity contribution in [2.45, 2.75) is 59.3 Å². The Morgan fingerprint density at radius 3 is 2.14 bits per heavy atom. The van der Waals surface area contributed by atoms with E-state index < -0.39 is 0 Å². The van der Waals surface area contributed by atoms with Gasteiger partial charge in [-0.05, 0) is 61.8 Å². The second-order valence-corrected chi connectivity index (χ2v) is 6.09. The van der Waals surface area contributed by atoms with Crippen LogP contribution in [0.15, 0.2) is 52.6 Å². The summed E-state index contributed by atoms with van der Waals surface area (Å²) in [6.07, 6.45) is 9.17. The van der Waals surface area contributed by atoms with Crippen LogP contribution in [0.1, 0.15) is 57.6 Å². The van der Waals surface area contributed by atoms with Gasteiger partial charge in [-0.1, -0.05) is 56.2 Å². The lowest BCUT2D eigenvalue weighted by Gasteiger charge is -2.09. The maximum atomic E-state index is 4.18. The number of allylic oxidation sites excluding steroid dienone is 3. The molecule has 0 saturated carbocycles. The Balaban J connectivity index is 2.63. The summed E-state index contributed by atoms with van der Waals surface area (Å²) in [4.78, 5) is 4.18. The molecule has 0 aliphatic carbocycles. The van der Waals surface area contributed by atoms with Crippen LogP contribution in [0.5, 0.6) is 0 Å². The number of hydrogen-bond acceptors (Lipinski definition) is 1. The zero-order valence-corrected chi connectivity index (χ0v) is 14.8. The maximum Gasteiger partial charge on any atom is 0.0277 e. The minimum absolute atomic E-state index is 1.02. The van der Waals surface area contributed by atoms with Crippen molar-refractivity contribution in [3.8, 4) is 0 Å². The number of rotatable bonds is 9. The lowest BCUT2D eigenvalue weighted by Crippen LogP contribution is -1.96. The first-order valence-corrected chi connectivity index (χ1v) is 8.44. The van der Waals surface area contributed by atoms with Crippen LogP contribution in [0.4, 0.5) is 0 Å². The van der Waals surface area contributed by atoms with Gasteiger partial charge in [0.15, 0.2) is 0 Å². The fourth-order valence-electron chi connectivity index (χ4n) is 2.51. The van der Waals surface area contributed by atoms with Crippen molar-refractivity contribution in [1.29, 1.82) is 0 Å². The molecule has 0 bridgehead atoms. The largest absolute Gasteiger partial charge is 0.296 e. The molecule has 0 fully saturated rings. The molecule has 1 nitrogen and oxygen atoms in total. The molecule has 0 amide bonds. The first kappa shape index (κ1) is 18.4. The summed E-state index contributed by atoms with van der Waals surface area (Å²) in [6, 6.07) is 9.12. The Hall–Kier alpha value is -1.63. The van der Waals surface area contributed by atoms with Gasteiger partial charge in [0.25, 0.3) is 0 Å². The van der Waals surface area contributed by atoms with E-state index in [-0.39, 0.29) is 0 Å². The molecule has 0 atom stereocenters. The third kappa shape index (κ3) is 6.43. The number of aliphatic imine (C=N–C) groups is 1. The highest BCUT2D eigenvalue weighted by Crippen LogP contribution is 2.17. The summed E-state index contributed by atoms with van der Waals surface area (Å²) in [5.41, 5.74) is 6.54. The lowest BCUT2D eigenvalue weighted by molar-refractivity contribution is 0.717. The fraction of sp³-hybridized carbons (Fsp3) is 0.476. The number of aryl methyl sites for hydroxylation is 2. The second kappa shape index (κ2) is 10.2. The van der Waals surface area contributed by atoms with Gasteiger partial charge in [0, 0.05) is 13.3 Å². The van der Waals surface area contributed by atoms with E-state index in [1.165, 1.54) is 48.0 Å². The molecule has 0 heterocycles. The molecular weight excluding hydrogens is 266 g/mol. The SMILES string of the molecule is C=C(C)/C(C)=C(\C=NC)CCc1ccc(CCCCC)cc1. The molecule has 0 aliphatic rings. The van der Waals surface area contributed by atoms with Gasteiger partial charge < -0.3 is 0 Å². The molecule has 0 radical (unpaired) electrons. The second-order valence-electron chi connectivity index (χ2n) is 6.09. The van der Waals surface area contributed by atoms with E-state index in [4.69, 9.17) is 0 Å². The van der Waals surface area contributed by atoms with Crippen LogP contribution in [-0.2, 0) is 12.8 Å². The summed E-state index contributed by atoms with van der Waals surface area (Å²) in [5.74, 6) is 0. The normalized spacial score (nSPS) is 12.5. The third-order valence-corrected chi connectivity index (χ3v) is 4.18. The molecule has 0 N–H and O–H groups in total. The van der Waals surface area contributed by atoms with Crippen molar-refractivity contribution in [2.24, 2.45) is 4.99 Å². The molecule has 0 unspecified atom stereocenters. The van der Waals surface area contributed by atoms with Crippen molar-refractivity contribution >= 4 is 6.21 Å². The topological polar surface area (TPSA) is 12.4 Å². The third-order valence-electron chi connectivity index (χ3n) is 4.18. The van der Waals surface area contributed by atoms with Crippen LogP contribution in [0.2, 0.25) is 0 Å². The molecule has 0 aromatic heterocycles. The molecule has 0 spiro atoms. The van der Waals surface area contributed by atoms with Crippen molar-refractivity contribution in [3.63, 3.8) is 0 Å². The van der Waals surface area contributed by atoms with Crippen molar-refractivity contribution in [3.05, 3.63) is 58.7 Å². The van der Waals surface area contributed by atoms with E-state index >= 15 is 0 Å². The Morgan fingerprint density at radius 1 is 1.05 bits per heavy atom. The molecule has 22 heavy (non-hydrogen) atoms. The van der Waals surface area contributed by atoms with E-state index in [2.05, 4.69) is 56.6 Å². The monoisotopic (exact) mass is 297 g/mol. The minimum atomic E-state index is 1.02. The zero-order valence-electron chi connectivity index (χ0n) is 14.8. The average molecular weight is 297 g/mol. The molecule has 1 aromatic rings.